The summed E-state index contributed by atoms with van der Waals surface area (Å²) in [6.07, 6.45) is -0.0212. The number of hydrogen-bond acceptors (Lipinski definition) is 3. The summed E-state index contributed by atoms with van der Waals surface area (Å²) in [4.78, 5) is 11.9. The van der Waals surface area contributed by atoms with Gasteiger partial charge in [-0.05, 0) is 18.1 Å². The number of ether oxygens (including phenoxy) is 1. The van der Waals surface area contributed by atoms with Gasteiger partial charge >= 0.3 is 0 Å². The van der Waals surface area contributed by atoms with Crippen molar-refractivity contribution < 1.29 is 9.53 Å². The summed E-state index contributed by atoms with van der Waals surface area (Å²) < 4.78 is 5.18. The molecule has 0 aliphatic carbocycles. The molecule has 4 nitrogen and oxygen atoms in total. The van der Waals surface area contributed by atoms with Crippen LogP contribution in [0.25, 0.3) is 0 Å². The van der Waals surface area contributed by atoms with Crippen molar-refractivity contribution in [3.63, 3.8) is 0 Å². The number of carbonyl (C=O) groups excluding carboxylic acids is 1. The molecule has 86 valence electrons. The third-order valence-electron chi connectivity index (χ3n) is 2.74. The van der Waals surface area contributed by atoms with Gasteiger partial charge < -0.3 is 15.4 Å². The van der Waals surface area contributed by atoms with Crippen molar-refractivity contribution in [2.24, 2.45) is 5.92 Å². The Labute approximate surface area is 95.0 Å². The van der Waals surface area contributed by atoms with Crippen molar-refractivity contribution in [2.75, 3.05) is 12.4 Å². The van der Waals surface area contributed by atoms with Crippen LogP contribution in [0.4, 0.5) is 5.69 Å². The number of nitrogens with one attached hydrogen (secondary N) is 2. The van der Waals surface area contributed by atoms with Gasteiger partial charge in [-0.15, -0.1) is 0 Å². The summed E-state index contributed by atoms with van der Waals surface area (Å²) in [6, 6.07) is 5.56. The molecule has 0 saturated carbocycles. The maximum atomic E-state index is 11.9. The van der Waals surface area contributed by atoms with Gasteiger partial charge in [0.1, 0.15) is 17.5 Å². The zero-order chi connectivity index (χ0) is 11.7. The summed E-state index contributed by atoms with van der Waals surface area (Å²) in [5, 5.41) is 6.21. The highest BCUT2D eigenvalue weighted by Gasteiger charge is 2.27. The lowest BCUT2D eigenvalue weighted by molar-refractivity contribution is 0.0922. The van der Waals surface area contributed by atoms with E-state index in [2.05, 4.69) is 24.5 Å². The second kappa shape index (κ2) is 4.04. The van der Waals surface area contributed by atoms with Crippen molar-refractivity contribution in [3.05, 3.63) is 23.8 Å². The first-order chi connectivity index (χ1) is 7.63. The summed E-state index contributed by atoms with van der Waals surface area (Å²) in [6.45, 7) is 4.12. The van der Waals surface area contributed by atoms with Gasteiger partial charge in [0.2, 0.25) is 0 Å². The minimum absolute atomic E-state index is 0.0212. The average Bonchev–Trinajstić information content (AvgIpc) is 2.27. The zero-order valence-corrected chi connectivity index (χ0v) is 9.70. The van der Waals surface area contributed by atoms with Crippen LogP contribution in [-0.2, 0) is 0 Å². The lowest BCUT2D eigenvalue weighted by Gasteiger charge is -2.31. The maximum Gasteiger partial charge on any atom is 0.258 e. The molecule has 0 fully saturated rings. The fourth-order valence-corrected chi connectivity index (χ4v) is 1.81. The molecule has 1 aliphatic heterocycles. The third kappa shape index (κ3) is 1.71. The number of hydrogen-bond donors (Lipinski definition) is 2. The first kappa shape index (κ1) is 10.8. The molecule has 16 heavy (non-hydrogen) atoms. The Kier molecular flexibility index (Phi) is 2.73. The van der Waals surface area contributed by atoms with E-state index in [1.165, 1.54) is 0 Å². The fourth-order valence-electron chi connectivity index (χ4n) is 1.81. The molecule has 0 spiro atoms. The van der Waals surface area contributed by atoms with Crippen LogP contribution in [0.15, 0.2) is 18.2 Å². The van der Waals surface area contributed by atoms with Crippen LogP contribution >= 0.6 is 0 Å². The predicted molar refractivity (Wildman–Crippen MR) is 62.7 cm³/mol. The van der Waals surface area contributed by atoms with E-state index in [0.717, 1.165) is 5.69 Å². The van der Waals surface area contributed by atoms with Crippen LogP contribution in [0.3, 0.4) is 0 Å². The van der Waals surface area contributed by atoms with E-state index in [0.29, 0.717) is 17.2 Å². The monoisotopic (exact) mass is 220 g/mol. The molecular weight excluding hydrogens is 204 g/mol. The van der Waals surface area contributed by atoms with E-state index in [-0.39, 0.29) is 12.1 Å². The van der Waals surface area contributed by atoms with Crippen LogP contribution in [0, 0.1) is 5.92 Å². The van der Waals surface area contributed by atoms with E-state index in [9.17, 15) is 4.79 Å². The first-order valence-electron chi connectivity index (χ1n) is 5.38. The van der Waals surface area contributed by atoms with Gasteiger partial charge in [-0.1, -0.05) is 19.9 Å². The fraction of sp³-hybridized carbons (Fsp3) is 0.417. The van der Waals surface area contributed by atoms with Gasteiger partial charge in [0.05, 0.1) is 12.8 Å². The molecule has 0 radical (unpaired) electrons. The molecule has 1 atom stereocenters. The molecule has 2 N–H and O–H groups in total. The molecule has 1 aliphatic rings. The van der Waals surface area contributed by atoms with E-state index in [1.807, 2.05) is 12.1 Å². The Morgan fingerprint density at radius 3 is 2.69 bits per heavy atom. The van der Waals surface area contributed by atoms with Gasteiger partial charge in [-0.3, -0.25) is 4.79 Å². The second-order valence-corrected chi connectivity index (χ2v) is 4.22. The minimum Gasteiger partial charge on any atom is -0.496 e. The largest absolute Gasteiger partial charge is 0.496 e. The van der Waals surface area contributed by atoms with Crippen LogP contribution in [-0.4, -0.2) is 19.2 Å². The maximum absolute atomic E-state index is 11.9. The second-order valence-electron chi connectivity index (χ2n) is 4.22. The number of fused-ring (bicyclic) bond motifs is 1. The van der Waals surface area contributed by atoms with Crippen molar-refractivity contribution in [1.29, 1.82) is 0 Å². The summed E-state index contributed by atoms with van der Waals surface area (Å²) in [5.74, 6) is 0.859. The molecule has 1 aromatic carbocycles. The molecular formula is C12H16N2O2. The van der Waals surface area contributed by atoms with Gasteiger partial charge in [0.15, 0.2) is 0 Å². The molecule has 4 heteroatoms. The van der Waals surface area contributed by atoms with Crippen LogP contribution in [0.2, 0.25) is 0 Å². The Bertz CT molecular complexity index is 415. The van der Waals surface area contributed by atoms with Gasteiger partial charge in [-0.25, -0.2) is 0 Å². The molecule has 1 unspecified atom stereocenters. The number of anilines is 1. The van der Waals surface area contributed by atoms with Gasteiger partial charge in [-0.2, -0.15) is 0 Å². The summed E-state index contributed by atoms with van der Waals surface area (Å²) >= 11 is 0. The van der Waals surface area contributed by atoms with Gasteiger partial charge in [0, 0.05) is 0 Å². The normalized spacial score (nSPS) is 18.8. The van der Waals surface area contributed by atoms with Gasteiger partial charge in [0.25, 0.3) is 5.91 Å². The molecule has 1 heterocycles. The number of rotatable bonds is 2. The average molecular weight is 220 g/mol. The lowest BCUT2D eigenvalue weighted by Crippen LogP contribution is -2.48. The number of amides is 1. The molecule has 1 aromatic rings. The Morgan fingerprint density at radius 2 is 2.06 bits per heavy atom. The smallest absolute Gasteiger partial charge is 0.258 e. The van der Waals surface area contributed by atoms with E-state index in [4.69, 9.17) is 4.74 Å². The number of benzene rings is 1. The third-order valence-corrected chi connectivity index (χ3v) is 2.74. The molecule has 0 bridgehead atoms. The van der Waals surface area contributed by atoms with Crippen molar-refractivity contribution >= 4 is 11.6 Å². The number of carbonyl (C=O) groups is 1. The van der Waals surface area contributed by atoms with Crippen LogP contribution < -0.4 is 15.4 Å². The standard InChI is InChI=1S/C12H16N2O2/c1-7(2)11-13-8-5-4-6-9(16-3)10(8)12(15)14-11/h4-7,11,13H,1-3H3,(H,14,15). The van der Waals surface area contributed by atoms with E-state index >= 15 is 0 Å². The number of methoxy groups -OCH3 is 1. The predicted octanol–water partition coefficient (Wildman–Crippen LogP) is 1.83. The highest BCUT2D eigenvalue weighted by atomic mass is 16.5. The molecule has 2 rings (SSSR count). The topological polar surface area (TPSA) is 50.4 Å². The minimum atomic E-state index is -0.0788. The summed E-state index contributed by atoms with van der Waals surface area (Å²) in [5.41, 5.74) is 1.42. The molecule has 0 saturated heterocycles. The summed E-state index contributed by atoms with van der Waals surface area (Å²) in [7, 11) is 1.57. The molecule has 0 aromatic heterocycles. The van der Waals surface area contributed by atoms with Crippen molar-refractivity contribution in [2.45, 2.75) is 20.0 Å². The Hall–Kier alpha value is -1.71. The zero-order valence-electron chi connectivity index (χ0n) is 9.70. The van der Waals surface area contributed by atoms with Crippen molar-refractivity contribution in [1.82, 2.24) is 5.32 Å². The lowest BCUT2D eigenvalue weighted by atomic mass is 10.0. The van der Waals surface area contributed by atoms with Crippen LogP contribution in [0.5, 0.6) is 5.75 Å². The Balaban J connectivity index is 2.41. The van der Waals surface area contributed by atoms with E-state index < -0.39 is 0 Å². The molecule has 1 amide bonds. The van der Waals surface area contributed by atoms with Crippen LogP contribution in [0.1, 0.15) is 24.2 Å². The quantitative estimate of drug-likeness (QED) is 0.799. The SMILES string of the molecule is COc1cccc2c1C(=O)NC(C(C)C)N2. The first-order valence-corrected chi connectivity index (χ1v) is 5.38. The van der Waals surface area contributed by atoms with Crippen molar-refractivity contribution in [3.8, 4) is 5.75 Å². The Morgan fingerprint density at radius 1 is 1.31 bits per heavy atom. The highest BCUT2D eigenvalue weighted by molar-refractivity contribution is 6.04. The van der Waals surface area contributed by atoms with E-state index in [1.54, 1.807) is 13.2 Å². The highest BCUT2D eigenvalue weighted by Crippen LogP contribution is 2.30.